The summed E-state index contributed by atoms with van der Waals surface area (Å²) in [4.78, 5) is 21.5. The normalized spacial score (nSPS) is 18.7. The third-order valence-electron chi connectivity index (χ3n) is 4.04. The smallest absolute Gasteiger partial charge is 0.316 e. The van der Waals surface area contributed by atoms with Crippen LogP contribution >= 0.6 is 8.25 Å². The number of hydrogen-bond donors (Lipinski definition) is 1. The second-order valence-corrected chi connectivity index (χ2v) is 6.23. The summed E-state index contributed by atoms with van der Waals surface area (Å²) in [7, 11) is -2.91. The minimum Gasteiger partial charge on any atom is -0.342 e. The molecular formula is C16H18NO4P. The van der Waals surface area contributed by atoms with Crippen molar-refractivity contribution in [1.82, 2.24) is 4.57 Å². The Morgan fingerprint density at radius 3 is 2.77 bits per heavy atom. The van der Waals surface area contributed by atoms with Crippen molar-refractivity contribution in [3.63, 3.8) is 0 Å². The van der Waals surface area contributed by atoms with Gasteiger partial charge in [-0.2, -0.15) is 0 Å². The van der Waals surface area contributed by atoms with E-state index in [2.05, 4.69) is 0 Å². The number of ketones is 1. The van der Waals surface area contributed by atoms with E-state index in [9.17, 15) is 9.36 Å². The van der Waals surface area contributed by atoms with Crippen molar-refractivity contribution >= 4 is 14.0 Å². The van der Waals surface area contributed by atoms with Gasteiger partial charge in [0.15, 0.2) is 0 Å². The van der Waals surface area contributed by atoms with Crippen LogP contribution < -0.4 is 0 Å². The fourth-order valence-corrected chi connectivity index (χ4v) is 3.35. The zero-order chi connectivity index (χ0) is 15.5. The first-order chi connectivity index (χ1) is 10.7. The molecule has 2 aromatic rings. The quantitative estimate of drug-likeness (QED) is 0.679. The van der Waals surface area contributed by atoms with Gasteiger partial charge in [-0.1, -0.05) is 30.3 Å². The van der Waals surface area contributed by atoms with Gasteiger partial charge in [0, 0.05) is 23.7 Å². The van der Waals surface area contributed by atoms with E-state index in [1.165, 1.54) is 0 Å². The maximum Gasteiger partial charge on any atom is 0.316 e. The number of rotatable bonds is 5. The highest BCUT2D eigenvalue weighted by atomic mass is 31.1. The van der Waals surface area contributed by atoms with Crippen LogP contribution in [0.15, 0.2) is 42.5 Å². The highest BCUT2D eigenvalue weighted by Crippen LogP contribution is 2.32. The molecule has 3 rings (SSSR count). The summed E-state index contributed by atoms with van der Waals surface area (Å²) in [5, 5.41) is 0. The Labute approximate surface area is 129 Å². The predicted molar refractivity (Wildman–Crippen MR) is 83.5 cm³/mol. The number of benzene rings is 1. The molecule has 1 aliphatic rings. The van der Waals surface area contributed by atoms with E-state index in [4.69, 9.17) is 9.42 Å². The van der Waals surface area contributed by atoms with Gasteiger partial charge in [-0.05, 0) is 25.0 Å². The van der Waals surface area contributed by atoms with Gasteiger partial charge in [-0.3, -0.25) is 9.36 Å². The molecule has 0 fully saturated rings. The second kappa shape index (κ2) is 6.61. The van der Waals surface area contributed by atoms with Crippen molar-refractivity contribution in [2.45, 2.75) is 25.3 Å². The van der Waals surface area contributed by atoms with Gasteiger partial charge in [0.05, 0.1) is 12.3 Å². The molecule has 0 aliphatic carbocycles. The third kappa shape index (κ3) is 3.07. The largest absolute Gasteiger partial charge is 0.342 e. The minimum atomic E-state index is -2.91. The Bertz CT molecular complexity index is 695. The molecule has 1 aromatic heterocycles. The predicted octanol–water partition coefficient (Wildman–Crippen LogP) is 3.00. The number of aromatic nitrogens is 1. The van der Waals surface area contributed by atoms with E-state index >= 15 is 0 Å². The van der Waals surface area contributed by atoms with Gasteiger partial charge < -0.3 is 14.0 Å². The molecule has 1 aliphatic heterocycles. The van der Waals surface area contributed by atoms with Crippen molar-refractivity contribution in [1.29, 1.82) is 0 Å². The zero-order valence-electron chi connectivity index (χ0n) is 12.1. The average molecular weight is 319 g/mol. The lowest BCUT2D eigenvalue weighted by molar-refractivity contribution is 0.102. The van der Waals surface area contributed by atoms with Crippen LogP contribution in [-0.4, -0.2) is 21.9 Å². The van der Waals surface area contributed by atoms with Crippen molar-refractivity contribution in [3.05, 3.63) is 59.4 Å². The van der Waals surface area contributed by atoms with E-state index in [0.717, 1.165) is 25.1 Å². The summed E-state index contributed by atoms with van der Waals surface area (Å²) >= 11 is 0. The molecule has 0 spiro atoms. The lowest BCUT2D eigenvalue weighted by Gasteiger charge is -2.25. The molecule has 22 heavy (non-hydrogen) atoms. The lowest BCUT2D eigenvalue weighted by atomic mass is 9.97. The summed E-state index contributed by atoms with van der Waals surface area (Å²) < 4.78 is 17.7. The number of nitrogens with zero attached hydrogens (tertiary/aromatic N) is 1. The van der Waals surface area contributed by atoms with Crippen molar-refractivity contribution in [2.24, 2.45) is 0 Å². The van der Waals surface area contributed by atoms with Crippen LogP contribution in [0.4, 0.5) is 0 Å². The maximum atomic E-state index is 12.6. The molecule has 0 amide bonds. The molecule has 0 saturated carbocycles. The van der Waals surface area contributed by atoms with Crippen LogP contribution in [0.25, 0.3) is 0 Å². The molecule has 116 valence electrons. The van der Waals surface area contributed by atoms with Crippen LogP contribution in [0.3, 0.4) is 0 Å². The topological polar surface area (TPSA) is 68.5 Å². The van der Waals surface area contributed by atoms with Gasteiger partial charge >= 0.3 is 8.25 Å². The highest BCUT2D eigenvalue weighted by Gasteiger charge is 2.25. The standard InChI is InChI=1S/C16H18NO4P/c18-16(12-5-2-1-3-6-12)15-9-8-14-13(11-21-22(19)20)7-4-10-17(14)15/h1-3,5-6,8-9,13,22H,4,7,10-11H2,(H,19,20). The van der Waals surface area contributed by atoms with Crippen LogP contribution in [0.2, 0.25) is 0 Å². The Morgan fingerprint density at radius 1 is 1.27 bits per heavy atom. The molecule has 0 bridgehead atoms. The van der Waals surface area contributed by atoms with Crippen LogP contribution in [-0.2, 0) is 15.6 Å². The maximum absolute atomic E-state index is 12.6. The molecule has 0 saturated heterocycles. The Hall–Kier alpha value is -1.68. The van der Waals surface area contributed by atoms with E-state index in [-0.39, 0.29) is 18.3 Å². The summed E-state index contributed by atoms with van der Waals surface area (Å²) in [6.45, 7) is 1.01. The summed E-state index contributed by atoms with van der Waals surface area (Å²) in [6.07, 6.45) is 1.83. The number of fused-ring (bicyclic) bond motifs is 1. The fraction of sp³-hybridized carbons (Fsp3) is 0.312. The van der Waals surface area contributed by atoms with E-state index < -0.39 is 8.25 Å². The first kappa shape index (κ1) is 15.2. The molecule has 5 nitrogen and oxygen atoms in total. The van der Waals surface area contributed by atoms with E-state index in [1.807, 2.05) is 47.0 Å². The minimum absolute atomic E-state index is 0.00385. The number of carbonyl (C=O) groups is 1. The van der Waals surface area contributed by atoms with Crippen LogP contribution in [0.1, 0.15) is 40.5 Å². The SMILES string of the molecule is O=C(c1ccccc1)c1ccc2n1CCCC2CO[PH](=O)O. The van der Waals surface area contributed by atoms with Gasteiger partial charge in [-0.25, -0.2) is 0 Å². The summed E-state index contributed by atoms with van der Waals surface area (Å²) in [6, 6.07) is 13.0. The monoisotopic (exact) mass is 319 g/mol. The molecule has 2 heterocycles. The van der Waals surface area contributed by atoms with Gasteiger partial charge in [0.2, 0.25) is 5.78 Å². The zero-order valence-corrected chi connectivity index (χ0v) is 13.1. The highest BCUT2D eigenvalue weighted by molar-refractivity contribution is 7.32. The van der Waals surface area contributed by atoms with Gasteiger partial charge in [0.1, 0.15) is 0 Å². The Balaban J connectivity index is 1.87. The molecule has 0 radical (unpaired) electrons. The Morgan fingerprint density at radius 2 is 2.05 bits per heavy atom. The number of hydrogen-bond acceptors (Lipinski definition) is 3. The fourth-order valence-electron chi connectivity index (χ4n) is 3.01. The molecule has 6 heteroatoms. The van der Waals surface area contributed by atoms with Crippen molar-refractivity contribution < 1.29 is 18.8 Å². The van der Waals surface area contributed by atoms with Crippen LogP contribution in [0.5, 0.6) is 0 Å². The van der Waals surface area contributed by atoms with Crippen molar-refractivity contribution in [2.75, 3.05) is 6.61 Å². The molecule has 1 aromatic carbocycles. The molecule has 2 unspecified atom stereocenters. The van der Waals surface area contributed by atoms with Crippen molar-refractivity contribution in [3.8, 4) is 0 Å². The molecular weight excluding hydrogens is 301 g/mol. The lowest BCUT2D eigenvalue weighted by Crippen LogP contribution is -2.21. The first-order valence-corrected chi connectivity index (χ1v) is 8.58. The van der Waals surface area contributed by atoms with Crippen LogP contribution in [0, 0.1) is 0 Å². The first-order valence-electron chi connectivity index (χ1n) is 7.31. The van der Waals surface area contributed by atoms with Gasteiger partial charge in [0.25, 0.3) is 0 Å². The second-order valence-electron chi connectivity index (χ2n) is 5.41. The molecule has 1 N–H and O–H groups in total. The van der Waals surface area contributed by atoms with E-state index in [1.54, 1.807) is 0 Å². The summed E-state index contributed by atoms with van der Waals surface area (Å²) in [5.41, 5.74) is 2.35. The summed E-state index contributed by atoms with van der Waals surface area (Å²) in [5.74, 6) is 0.0660. The average Bonchev–Trinajstić information content (AvgIpc) is 2.97. The number of carbonyl (C=O) groups excluding carboxylic acids is 1. The van der Waals surface area contributed by atoms with E-state index in [0.29, 0.717) is 11.3 Å². The third-order valence-corrected chi connectivity index (χ3v) is 4.46. The Kier molecular flexibility index (Phi) is 4.57. The molecule has 2 atom stereocenters. The van der Waals surface area contributed by atoms with Gasteiger partial charge in [-0.15, -0.1) is 0 Å².